The fourth-order valence-electron chi connectivity index (χ4n) is 1.96. The van der Waals surface area contributed by atoms with Crippen molar-refractivity contribution in [3.05, 3.63) is 41.6 Å². The largest absolute Gasteiger partial charge is 0.481 e. The van der Waals surface area contributed by atoms with E-state index in [1.54, 1.807) is 6.07 Å². The number of hydrogen-bond acceptors (Lipinski definition) is 4. The van der Waals surface area contributed by atoms with Crippen molar-refractivity contribution in [3.63, 3.8) is 0 Å². The number of carboxylic acid groups (broad SMARTS) is 1. The number of nitrogens with zero attached hydrogens (tertiary/aromatic N) is 1. The Hall–Kier alpha value is -3.02. The summed E-state index contributed by atoms with van der Waals surface area (Å²) in [6.07, 6.45) is -1.74. The van der Waals surface area contributed by atoms with Gasteiger partial charge in [-0.25, -0.2) is 0 Å². The molecule has 0 bridgehead atoms. The molecule has 0 heterocycles. The molecule has 3 N–H and O–H groups in total. The Labute approximate surface area is 148 Å². The first-order valence-electron chi connectivity index (χ1n) is 7.78. The molecule has 0 aliphatic rings. The number of benzene rings is 1. The van der Waals surface area contributed by atoms with Crippen LogP contribution in [0.3, 0.4) is 0 Å². The lowest BCUT2D eigenvalue weighted by Gasteiger charge is -2.09. The van der Waals surface area contributed by atoms with Gasteiger partial charge in [0, 0.05) is 24.9 Å². The quantitative estimate of drug-likeness (QED) is 0.352. The van der Waals surface area contributed by atoms with Crippen LogP contribution in [0.25, 0.3) is 0 Å². The lowest BCUT2D eigenvalue weighted by molar-refractivity contribution is -0.138. The summed E-state index contributed by atoms with van der Waals surface area (Å²) in [5, 5.41) is 22.5. The molecule has 140 valence electrons. The van der Waals surface area contributed by atoms with Crippen LogP contribution >= 0.6 is 0 Å². The first-order valence-corrected chi connectivity index (χ1v) is 7.78. The highest BCUT2D eigenvalue weighted by atomic mass is 19.4. The molecule has 0 radical (unpaired) electrons. The van der Waals surface area contributed by atoms with E-state index in [-0.39, 0.29) is 24.2 Å². The topological polar surface area (TPSA) is 102 Å². The van der Waals surface area contributed by atoms with Crippen molar-refractivity contribution in [2.75, 3.05) is 11.9 Å². The van der Waals surface area contributed by atoms with Crippen LogP contribution in [0.2, 0.25) is 0 Å². The van der Waals surface area contributed by atoms with Gasteiger partial charge in [0.2, 0.25) is 0 Å². The third kappa shape index (κ3) is 7.70. The molecule has 0 aliphatic heterocycles. The number of nitriles is 1. The summed E-state index contributed by atoms with van der Waals surface area (Å²) in [6.45, 7) is 0.265. The zero-order valence-electron chi connectivity index (χ0n) is 13.8. The second-order valence-electron chi connectivity index (χ2n) is 5.35. The molecule has 1 aromatic carbocycles. The van der Waals surface area contributed by atoms with Gasteiger partial charge >= 0.3 is 12.1 Å². The van der Waals surface area contributed by atoms with Crippen LogP contribution in [0.5, 0.6) is 0 Å². The molecule has 0 spiro atoms. The van der Waals surface area contributed by atoms with Crippen LogP contribution in [0, 0.1) is 11.3 Å². The molecule has 0 aromatic heterocycles. The summed E-state index contributed by atoms with van der Waals surface area (Å²) >= 11 is 0. The van der Waals surface area contributed by atoms with Crippen LogP contribution in [0.4, 0.5) is 18.9 Å². The molecular weight excluding hydrogens is 351 g/mol. The number of amides is 1. The van der Waals surface area contributed by atoms with E-state index in [9.17, 15) is 22.8 Å². The molecule has 26 heavy (non-hydrogen) atoms. The van der Waals surface area contributed by atoms with Crippen LogP contribution in [0.1, 0.15) is 31.2 Å². The summed E-state index contributed by atoms with van der Waals surface area (Å²) < 4.78 is 37.9. The molecular formula is C17H18F3N3O3. The van der Waals surface area contributed by atoms with Crippen LogP contribution in [-0.4, -0.2) is 23.5 Å². The number of rotatable bonds is 9. The predicted molar refractivity (Wildman–Crippen MR) is 87.9 cm³/mol. The number of nitrogens with one attached hydrogen (secondary N) is 2. The van der Waals surface area contributed by atoms with Gasteiger partial charge in [0.1, 0.15) is 11.6 Å². The van der Waals surface area contributed by atoms with Gasteiger partial charge in [0.25, 0.3) is 5.91 Å². The molecule has 6 nitrogen and oxygen atoms in total. The van der Waals surface area contributed by atoms with Crippen molar-refractivity contribution in [2.45, 2.75) is 31.9 Å². The van der Waals surface area contributed by atoms with Gasteiger partial charge in [0.15, 0.2) is 0 Å². The van der Waals surface area contributed by atoms with E-state index in [1.807, 2.05) is 0 Å². The maximum absolute atomic E-state index is 12.6. The number of halogens is 3. The molecule has 0 fully saturated rings. The second-order valence-corrected chi connectivity index (χ2v) is 5.35. The molecule has 0 saturated carbocycles. The Morgan fingerprint density at radius 2 is 1.96 bits per heavy atom. The zero-order valence-corrected chi connectivity index (χ0v) is 13.8. The molecule has 1 aromatic rings. The van der Waals surface area contributed by atoms with Gasteiger partial charge in [-0.2, -0.15) is 18.4 Å². The SMILES string of the molecule is N#C/C(=C/Nc1cccc(C(F)(F)F)c1)C(=O)NCCCCCC(=O)O. The highest BCUT2D eigenvalue weighted by Gasteiger charge is 2.30. The maximum atomic E-state index is 12.6. The van der Waals surface area contributed by atoms with Crippen molar-refractivity contribution in [1.29, 1.82) is 5.26 Å². The van der Waals surface area contributed by atoms with E-state index < -0.39 is 23.6 Å². The highest BCUT2D eigenvalue weighted by molar-refractivity contribution is 5.97. The Kier molecular flexibility index (Phi) is 8.15. The van der Waals surface area contributed by atoms with Gasteiger partial charge in [-0.05, 0) is 31.0 Å². The number of anilines is 1. The third-order valence-electron chi connectivity index (χ3n) is 3.29. The molecule has 0 atom stereocenters. The van der Waals surface area contributed by atoms with Crippen molar-refractivity contribution in [2.24, 2.45) is 0 Å². The van der Waals surface area contributed by atoms with Crippen LogP contribution in [0.15, 0.2) is 36.0 Å². The summed E-state index contributed by atoms with van der Waals surface area (Å²) in [7, 11) is 0. The first kappa shape index (κ1) is 21.0. The van der Waals surface area contributed by atoms with Crippen LogP contribution in [-0.2, 0) is 15.8 Å². The first-order chi connectivity index (χ1) is 12.2. The normalized spacial score (nSPS) is 11.5. The highest BCUT2D eigenvalue weighted by Crippen LogP contribution is 2.30. The number of hydrogen-bond donors (Lipinski definition) is 3. The minimum Gasteiger partial charge on any atom is -0.481 e. The van der Waals surface area contributed by atoms with Gasteiger partial charge in [0.05, 0.1) is 5.56 Å². The standard InChI is InChI=1S/C17H18F3N3O3/c18-17(19,20)13-5-4-6-14(9-13)23-11-12(10-21)16(26)22-8-3-1-2-7-15(24)25/h4-6,9,11,23H,1-3,7-8H2,(H,22,26)(H,24,25)/b12-11-. The minimum absolute atomic E-state index is 0.0538. The molecule has 0 saturated heterocycles. The number of carboxylic acids is 1. The predicted octanol–water partition coefficient (Wildman–Crippen LogP) is 3.29. The monoisotopic (exact) mass is 369 g/mol. The lowest BCUT2D eigenvalue weighted by Crippen LogP contribution is -2.26. The Morgan fingerprint density at radius 3 is 2.58 bits per heavy atom. The maximum Gasteiger partial charge on any atom is 0.416 e. The van der Waals surface area contributed by atoms with Crippen LogP contribution < -0.4 is 10.6 Å². The molecule has 0 aliphatic carbocycles. The number of carbonyl (C=O) groups is 2. The van der Waals surface area contributed by atoms with Crippen molar-refractivity contribution in [1.82, 2.24) is 5.32 Å². The number of unbranched alkanes of at least 4 members (excludes halogenated alkanes) is 2. The van der Waals surface area contributed by atoms with E-state index >= 15 is 0 Å². The molecule has 1 rings (SSSR count). The fourth-order valence-corrected chi connectivity index (χ4v) is 1.96. The molecule has 9 heteroatoms. The summed E-state index contributed by atoms with van der Waals surface area (Å²) in [4.78, 5) is 22.2. The van der Waals surface area contributed by atoms with Gasteiger partial charge < -0.3 is 15.7 Å². The molecule has 0 unspecified atom stereocenters. The third-order valence-corrected chi connectivity index (χ3v) is 3.29. The summed E-state index contributed by atoms with van der Waals surface area (Å²) in [5.74, 6) is -1.55. The van der Waals surface area contributed by atoms with E-state index in [0.29, 0.717) is 19.3 Å². The Bertz CT molecular complexity index is 709. The average molecular weight is 369 g/mol. The summed E-state index contributed by atoms with van der Waals surface area (Å²) in [6, 6.07) is 6.04. The van der Waals surface area contributed by atoms with Crippen molar-refractivity contribution < 1.29 is 27.9 Å². The van der Waals surface area contributed by atoms with Gasteiger partial charge in [-0.3, -0.25) is 9.59 Å². The Morgan fingerprint density at radius 1 is 1.23 bits per heavy atom. The van der Waals surface area contributed by atoms with Gasteiger partial charge in [-0.15, -0.1) is 0 Å². The molecule has 1 amide bonds. The lowest BCUT2D eigenvalue weighted by atomic mass is 10.2. The Balaban J connectivity index is 2.53. The smallest absolute Gasteiger partial charge is 0.416 e. The van der Waals surface area contributed by atoms with E-state index in [4.69, 9.17) is 10.4 Å². The second kappa shape index (κ2) is 10.1. The van der Waals surface area contributed by atoms with E-state index in [1.165, 1.54) is 12.1 Å². The van der Waals surface area contributed by atoms with Crippen molar-refractivity contribution in [3.8, 4) is 6.07 Å². The summed E-state index contributed by atoms with van der Waals surface area (Å²) in [5.41, 5.74) is -1.04. The number of alkyl halides is 3. The minimum atomic E-state index is -4.49. The van der Waals surface area contributed by atoms with E-state index in [2.05, 4.69) is 10.6 Å². The zero-order chi connectivity index (χ0) is 19.6. The number of carbonyl (C=O) groups excluding carboxylic acids is 1. The van der Waals surface area contributed by atoms with Crippen molar-refractivity contribution >= 4 is 17.6 Å². The fraction of sp³-hybridized carbons (Fsp3) is 0.353. The average Bonchev–Trinajstić information content (AvgIpc) is 2.57. The number of aliphatic carboxylic acids is 1. The van der Waals surface area contributed by atoms with E-state index in [0.717, 1.165) is 18.3 Å². The van der Waals surface area contributed by atoms with Gasteiger partial charge in [-0.1, -0.05) is 12.5 Å².